The zero-order valence-electron chi connectivity index (χ0n) is 8.87. The molecule has 1 N–H and O–H groups in total. The van der Waals surface area contributed by atoms with Gasteiger partial charge in [0.1, 0.15) is 0 Å². The highest BCUT2D eigenvalue weighted by atomic mass is 32.1. The zero-order chi connectivity index (χ0) is 10.4. The van der Waals surface area contributed by atoms with Gasteiger partial charge in [0, 0.05) is 19.1 Å². The molecule has 0 radical (unpaired) electrons. The normalized spacial score (nSPS) is 13.5. The highest BCUT2D eigenvalue weighted by molar-refractivity contribution is 7.81. The highest BCUT2D eigenvalue weighted by Gasteiger charge is 2.07. The molecular formula is C9H20N2OS. The first kappa shape index (κ1) is 12.8. The molecule has 0 saturated heterocycles. The van der Waals surface area contributed by atoms with Crippen LogP contribution in [0.2, 0.25) is 0 Å². The average molecular weight is 204 g/mol. The third kappa shape index (κ3) is 5.93. The minimum absolute atomic E-state index is 0.000453. The number of hydrogen-bond acceptors (Lipinski definition) is 3. The molecule has 0 aliphatic heterocycles. The Morgan fingerprint density at radius 2 is 2.00 bits per heavy atom. The van der Waals surface area contributed by atoms with Crippen molar-refractivity contribution in [2.24, 2.45) is 0 Å². The van der Waals surface area contributed by atoms with Gasteiger partial charge in [0.2, 0.25) is 5.91 Å². The molecule has 78 valence electrons. The fourth-order valence-electron chi connectivity index (χ4n) is 0.761. The van der Waals surface area contributed by atoms with E-state index in [1.54, 1.807) is 6.92 Å². The Bertz CT molecular complexity index is 160. The number of carbonyl (C=O) groups is 1. The molecule has 1 unspecified atom stereocenters. The van der Waals surface area contributed by atoms with Gasteiger partial charge in [-0.3, -0.25) is 4.79 Å². The van der Waals surface area contributed by atoms with E-state index < -0.39 is 0 Å². The van der Waals surface area contributed by atoms with Crippen molar-refractivity contribution in [3.63, 3.8) is 0 Å². The Morgan fingerprint density at radius 3 is 2.38 bits per heavy atom. The number of hydrogen-bond donors (Lipinski definition) is 2. The first-order chi connectivity index (χ1) is 5.95. The summed E-state index contributed by atoms with van der Waals surface area (Å²) in [6.45, 7) is 7.60. The number of rotatable bonds is 5. The van der Waals surface area contributed by atoms with Crippen LogP contribution in [0.5, 0.6) is 0 Å². The van der Waals surface area contributed by atoms with E-state index in [0.29, 0.717) is 12.6 Å². The predicted molar refractivity (Wildman–Crippen MR) is 59.2 cm³/mol. The summed E-state index contributed by atoms with van der Waals surface area (Å²) in [5, 5.41) is 2.59. The zero-order valence-corrected chi connectivity index (χ0v) is 9.77. The third-order valence-corrected chi connectivity index (χ3v) is 2.26. The number of thiol groups is 1. The molecule has 4 heteroatoms. The lowest BCUT2D eigenvalue weighted by molar-refractivity contribution is -0.120. The molecule has 0 aliphatic carbocycles. The molecule has 13 heavy (non-hydrogen) atoms. The second-order valence-corrected chi connectivity index (χ2v) is 4.32. The summed E-state index contributed by atoms with van der Waals surface area (Å²) >= 11 is 4.03. The smallest absolute Gasteiger partial charge is 0.232 e. The maximum Gasteiger partial charge on any atom is 0.232 e. The van der Waals surface area contributed by atoms with E-state index in [9.17, 15) is 4.79 Å². The molecule has 0 fully saturated rings. The summed E-state index contributed by atoms with van der Waals surface area (Å²) in [5.41, 5.74) is 0. The largest absolute Gasteiger partial charge is 0.354 e. The fraction of sp³-hybridized carbons (Fsp3) is 0.889. The van der Waals surface area contributed by atoms with Gasteiger partial charge in [-0.1, -0.05) is 0 Å². The van der Waals surface area contributed by atoms with Crippen LogP contribution < -0.4 is 5.32 Å². The molecule has 0 aromatic carbocycles. The fourth-order valence-corrected chi connectivity index (χ4v) is 0.853. The van der Waals surface area contributed by atoms with Crippen molar-refractivity contribution in [1.82, 2.24) is 10.2 Å². The van der Waals surface area contributed by atoms with Crippen molar-refractivity contribution >= 4 is 18.5 Å². The van der Waals surface area contributed by atoms with Crippen LogP contribution in [-0.2, 0) is 4.79 Å². The van der Waals surface area contributed by atoms with Crippen LogP contribution in [0, 0.1) is 0 Å². The summed E-state index contributed by atoms with van der Waals surface area (Å²) in [6, 6.07) is 0.519. The van der Waals surface area contributed by atoms with Crippen molar-refractivity contribution in [3.8, 4) is 0 Å². The SMILES string of the molecule is CC(S)C(=O)NCCN(C)C(C)C. The molecule has 0 aromatic rings. The average Bonchev–Trinajstić information content (AvgIpc) is 2.03. The molecule has 0 bridgehead atoms. The van der Waals surface area contributed by atoms with Gasteiger partial charge in [-0.15, -0.1) is 0 Å². The van der Waals surface area contributed by atoms with E-state index >= 15 is 0 Å². The Labute approximate surface area is 86.3 Å². The van der Waals surface area contributed by atoms with E-state index in [1.165, 1.54) is 0 Å². The first-order valence-electron chi connectivity index (χ1n) is 4.61. The molecule has 3 nitrogen and oxygen atoms in total. The predicted octanol–water partition coefficient (Wildman–Crippen LogP) is 0.761. The van der Waals surface area contributed by atoms with E-state index in [2.05, 4.69) is 36.7 Å². The van der Waals surface area contributed by atoms with Crippen LogP contribution >= 0.6 is 12.6 Å². The number of nitrogens with one attached hydrogen (secondary N) is 1. The van der Waals surface area contributed by atoms with Crippen LogP contribution in [0.4, 0.5) is 0 Å². The Hall–Kier alpha value is -0.220. The van der Waals surface area contributed by atoms with Crippen molar-refractivity contribution in [2.75, 3.05) is 20.1 Å². The van der Waals surface area contributed by atoms with Crippen molar-refractivity contribution in [3.05, 3.63) is 0 Å². The summed E-state index contributed by atoms with van der Waals surface area (Å²) in [6.07, 6.45) is 0. The number of amides is 1. The molecular weight excluding hydrogens is 184 g/mol. The quantitative estimate of drug-likeness (QED) is 0.648. The maximum atomic E-state index is 11.1. The highest BCUT2D eigenvalue weighted by Crippen LogP contribution is 1.93. The molecule has 1 atom stereocenters. The topological polar surface area (TPSA) is 32.3 Å². The third-order valence-electron chi connectivity index (χ3n) is 2.02. The lowest BCUT2D eigenvalue weighted by Crippen LogP contribution is -2.38. The van der Waals surface area contributed by atoms with Gasteiger partial charge >= 0.3 is 0 Å². The maximum absolute atomic E-state index is 11.1. The van der Waals surface area contributed by atoms with Crippen molar-refractivity contribution in [2.45, 2.75) is 32.1 Å². The summed E-state index contributed by atoms with van der Waals surface area (Å²) in [7, 11) is 2.04. The van der Waals surface area contributed by atoms with Gasteiger partial charge in [0.25, 0.3) is 0 Å². The molecule has 0 saturated carbocycles. The van der Waals surface area contributed by atoms with E-state index in [-0.39, 0.29) is 11.2 Å². The molecule has 0 aliphatic rings. The van der Waals surface area contributed by atoms with Crippen LogP contribution in [0.15, 0.2) is 0 Å². The van der Waals surface area contributed by atoms with Crippen LogP contribution in [-0.4, -0.2) is 42.2 Å². The van der Waals surface area contributed by atoms with Crippen molar-refractivity contribution < 1.29 is 4.79 Å². The molecule has 0 heterocycles. The number of nitrogens with zero attached hydrogens (tertiary/aromatic N) is 1. The van der Waals surface area contributed by atoms with Gasteiger partial charge in [0.05, 0.1) is 5.25 Å². The van der Waals surface area contributed by atoms with Crippen LogP contribution in [0.25, 0.3) is 0 Å². The van der Waals surface area contributed by atoms with Gasteiger partial charge in [-0.2, -0.15) is 12.6 Å². The molecule has 1 amide bonds. The second-order valence-electron chi connectivity index (χ2n) is 3.54. The summed E-state index contributed by atoms with van der Waals surface area (Å²) in [5.74, 6) is 0.000453. The van der Waals surface area contributed by atoms with Gasteiger partial charge in [-0.25, -0.2) is 0 Å². The van der Waals surface area contributed by atoms with E-state index in [1.807, 2.05) is 7.05 Å². The van der Waals surface area contributed by atoms with Crippen LogP contribution in [0.3, 0.4) is 0 Å². The van der Waals surface area contributed by atoms with Crippen molar-refractivity contribution in [1.29, 1.82) is 0 Å². The van der Waals surface area contributed by atoms with E-state index in [4.69, 9.17) is 0 Å². The minimum Gasteiger partial charge on any atom is -0.354 e. The first-order valence-corrected chi connectivity index (χ1v) is 5.12. The van der Waals surface area contributed by atoms with E-state index in [0.717, 1.165) is 6.54 Å². The molecule has 0 spiro atoms. The second kappa shape index (κ2) is 6.27. The van der Waals surface area contributed by atoms with Gasteiger partial charge in [-0.05, 0) is 27.8 Å². The lowest BCUT2D eigenvalue weighted by Gasteiger charge is -2.21. The number of likely N-dealkylation sites (N-methyl/N-ethyl adjacent to an activating group) is 1. The summed E-state index contributed by atoms with van der Waals surface area (Å²) < 4.78 is 0. The number of carbonyl (C=O) groups excluding carboxylic acids is 1. The Balaban J connectivity index is 3.51. The van der Waals surface area contributed by atoms with Crippen LogP contribution in [0.1, 0.15) is 20.8 Å². The Kier molecular flexibility index (Phi) is 6.16. The monoisotopic (exact) mass is 204 g/mol. The van der Waals surface area contributed by atoms with Gasteiger partial charge in [0.15, 0.2) is 0 Å². The standard InChI is InChI=1S/C9H20N2OS/c1-7(2)11(4)6-5-10-9(12)8(3)13/h7-8,13H,5-6H2,1-4H3,(H,10,12). The molecule has 0 rings (SSSR count). The molecule has 0 aromatic heterocycles. The minimum atomic E-state index is -0.218. The summed E-state index contributed by atoms with van der Waals surface area (Å²) in [4.78, 5) is 13.3. The van der Waals surface area contributed by atoms with Gasteiger partial charge < -0.3 is 10.2 Å². The lowest BCUT2D eigenvalue weighted by atomic mass is 10.3. The Morgan fingerprint density at radius 1 is 1.46 bits per heavy atom.